The number of piperazine rings is 1. The number of nitro groups is 1. The lowest BCUT2D eigenvalue weighted by Gasteiger charge is -2.37. The molecule has 0 unspecified atom stereocenters. The summed E-state index contributed by atoms with van der Waals surface area (Å²) in [5.41, 5.74) is 5.36. The number of rotatable bonds is 6. The number of carbonyl (C=O) groups is 1. The fourth-order valence-corrected chi connectivity index (χ4v) is 5.27. The molecule has 2 heterocycles. The SMILES string of the molecule is C#Cc1c(-c2ccc(Cl)cc2)c(-c2cccc(N3CCN(c4ccc([N+](=O)[O-])cc4)CC3)c2)c(C(=O)O)n1C. The summed E-state index contributed by atoms with van der Waals surface area (Å²) in [4.78, 5) is 27.4. The number of hydrogen-bond donors (Lipinski definition) is 1. The van der Waals surface area contributed by atoms with E-state index in [9.17, 15) is 20.0 Å². The smallest absolute Gasteiger partial charge is 0.353 e. The molecule has 0 saturated carbocycles. The minimum absolute atomic E-state index is 0.0711. The Morgan fingerprint density at radius 1 is 0.923 bits per heavy atom. The van der Waals surface area contributed by atoms with Crippen molar-refractivity contribution in [3.8, 4) is 34.6 Å². The number of carboxylic acids is 1. The molecular formula is C30H25ClN4O4. The van der Waals surface area contributed by atoms with Gasteiger partial charge in [0.05, 0.1) is 4.92 Å². The third kappa shape index (κ3) is 4.92. The highest BCUT2D eigenvalue weighted by atomic mass is 35.5. The molecular weight excluding hydrogens is 516 g/mol. The van der Waals surface area contributed by atoms with Crippen LogP contribution in [-0.4, -0.2) is 46.7 Å². The van der Waals surface area contributed by atoms with Crippen LogP contribution >= 0.6 is 11.6 Å². The van der Waals surface area contributed by atoms with E-state index in [0.717, 1.165) is 48.7 Å². The summed E-state index contributed by atoms with van der Waals surface area (Å²) >= 11 is 6.12. The van der Waals surface area contributed by atoms with Gasteiger partial charge in [-0.25, -0.2) is 4.79 Å². The summed E-state index contributed by atoms with van der Waals surface area (Å²) in [6.45, 7) is 2.96. The Kier molecular flexibility index (Phi) is 7.01. The number of aromatic nitrogens is 1. The van der Waals surface area contributed by atoms with Crippen molar-refractivity contribution >= 4 is 34.6 Å². The van der Waals surface area contributed by atoms with Crippen LogP contribution in [-0.2, 0) is 7.05 Å². The van der Waals surface area contributed by atoms with Crippen LogP contribution in [0.1, 0.15) is 16.2 Å². The van der Waals surface area contributed by atoms with Gasteiger partial charge < -0.3 is 19.5 Å². The van der Waals surface area contributed by atoms with Crippen molar-refractivity contribution in [1.29, 1.82) is 0 Å². The highest BCUT2D eigenvalue weighted by Crippen LogP contribution is 2.41. The van der Waals surface area contributed by atoms with Crippen LogP contribution in [0.3, 0.4) is 0 Å². The van der Waals surface area contributed by atoms with Crippen LogP contribution in [0, 0.1) is 22.5 Å². The topological polar surface area (TPSA) is 91.8 Å². The quantitative estimate of drug-likeness (QED) is 0.185. The van der Waals surface area contributed by atoms with Crippen molar-refractivity contribution in [2.75, 3.05) is 36.0 Å². The van der Waals surface area contributed by atoms with Gasteiger partial charge in [-0.05, 0) is 47.5 Å². The van der Waals surface area contributed by atoms with Gasteiger partial charge in [0, 0.05) is 72.9 Å². The van der Waals surface area contributed by atoms with E-state index in [1.165, 1.54) is 12.1 Å². The molecule has 196 valence electrons. The molecule has 0 spiro atoms. The van der Waals surface area contributed by atoms with E-state index in [0.29, 0.717) is 21.8 Å². The Morgan fingerprint density at radius 3 is 2.10 bits per heavy atom. The van der Waals surface area contributed by atoms with E-state index in [1.807, 2.05) is 36.4 Å². The van der Waals surface area contributed by atoms with Crippen molar-refractivity contribution < 1.29 is 14.8 Å². The lowest BCUT2D eigenvalue weighted by Crippen LogP contribution is -2.46. The maximum atomic E-state index is 12.4. The summed E-state index contributed by atoms with van der Waals surface area (Å²) in [6.07, 6.45) is 5.87. The fraction of sp³-hybridized carbons (Fsp3) is 0.167. The molecule has 0 radical (unpaired) electrons. The number of anilines is 2. The maximum Gasteiger partial charge on any atom is 0.353 e. The number of non-ortho nitro benzene ring substituents is 1. The molecule has 39 heavy (non-hydrogen) atoms. The van der Waals surface area contributed by atoms with Crippen LogP contribution in [0.2, 0.25) is 5.02 Å². The summed E-state index contributed by atoms with van der Waals surface area (Å²) < 4.78 is 1.55. The molecule has 1 saturated heterocycles. The lowest BCUT2D eigenvalue weighted by atomic mass is 9.94. The number of terminal acetylenes is 1. The Morgan fingerprint density at radius 2 is 1.54 bits per heavy atom. The largest absolute Gasteiger partial charge is 0.477 e. The zero-order valence-corrected chi connectivity index (χ0v) is 21.9. The Balaban J connectivity index is 1.48. The highest BCUT2D eigenvalue weighted by Gasteiger charge is 2.27. The highest BCUT2D eigenvalue weighted by molar-refractivity contribution is 6.30. The molecule has 5 rings (SSSR count). The average molecular weight is 541 g/mol. The first kappa shape index (κ1) is 25.9. The number of nitro benzene ring substituents is 1. The Labute approximate surface area is 230 Å². The third-order valence-corrected chi connectivity index (χ3v) is 7.32. The third-order valence-electron chi connectivity index (χ3n) is 7.07. The number of aromatic carboxylic acids is 1. The minimum Gasteiger partial charge on any atom is -0.477 e. The van der Waals surface area contributed by atoms with Gasteiger partial charge in [0.25, 0.3) is 5.69 Å². The number of carboxylic acid groups (broad SMARTS) is 1. The first-order valence-corrected chi connectivity index (χ1v) is 12.7. The van der Waals surface area contributed by atoms with Crippen molar-refractivity contribution in [3.05, 3.63) is 99.3 Å². The van der Waals surface area contributed by atoms with E-state index in [1.54, 1.807) is 35.9 Å². The number of hydrogen-bond acceptors (Lipinski definition) is 5. The van der Waals surface area contributed by atoms with Crippen molar-refractivity contribution in [2.45, 2.75) is 0 Å². The minimum atomic E-state index is -1.06. The standard InChI is InChI=1S/C30H25ClN4O4/c1-3-26-27(20-7-9-22(31)10-8-20)28(29(30(36)37)32(26)2)21-5-4-6-25(19-21)34-17-15-33(16-18-34)23-11-13-24(14-12-23)35(38)39/h1,4-14,19H,15-18H2,2H3,(H,36,37). The Hall–Kier alpha value is -4.74. The van der Waals surface area contributed by atoms with Gasteiger partial charge in [-0.3, -0.25) is 10.1 Å². The van der Waals surface area contributed by atoms with Crippen LogP contribution < -0.4 is 9.80 Å². The normalized spacial score (nSPS) is 13.3. The molecule has 1 aliphatic heterocycles. The molecule has 3 aromatic carbocycles. The first-order chi connectivity index (χ1) is 18.8. The molecule has 4 aromatic rings. The molecule has 0 atom stereocenters. The second kappa shape index (κ2) is 10.6. The molecule has 0 bridgehead atoms. The molecule has 0 amide bonds. The van der Waals surface area contributed by atoms with E-state index in [-0.39, 0.29) is 11.4 Å². The van der Waals surface area contributed by atoms with E-state index in [4.69, 9.17) is 18.0 Å². The van der Waals surface area contributed by atoms with Crippen LogP contribution in [0.4, 0.5) is 17.1 Å². The number of nitrogens with zero attached hydrogens (tertiary/aromatic N) is 4. The van der Waals surface area contributed by atoms with Crippen LogP contribution in [0.5, 0.6) is 0 Å². The Bertz CT molecular complexity index is 1600. The molecule has 1 aromatic heterocycles. The summed E-state index contributed by atoms with van der Waals surface area (Å²) in [7, 11) is 1.67. The molecule has 1 fully saturated rings. The summed E-state index contributed by atoms with van der Waals surface area (Å²) in [5, 5.41) is 21.7. The van der Waals surface area contributed by atoms with Gasteiger partial charge in [0.2, 0.25) is 0 Å². The number of halogens is 1. The van der Waals surface area contributed by atoms with Gasteiger partial charge in [0.15, 0.2) is 0 Å². The second-order valence-corrected chi connectivity index (χ2v) is 9.70. The van der Waals surface area contributed by atoms with E-state index >= 15 is 0 Å². The monoisotopic (exact) mass is 540 g/mol. The zero-order chi connectivity index (χ0) is 27.7. The molecule has 8 nitrogen and oxygen atoms in total. The first-order valence-electron chi connectivity index (χ1n) is 12.3. The van der Waals surface area contributed by atoms with Gasteiger partial charge >= 0.3 is 5.97 Å². The predicted octanol–water partition coefficient (Wildman–Crippen LogP) is 5.93. The van der Waals surface area contributed by atoms with E-state index < -0.39 is 10.9 Å². The van der Waals surface area contributed by atoms with Gasteiger partial charge in [0.1, 0.15) is 11.4 Å². The number of benzene rings is 3. The second-order valence-electron chi connectivity index (χ2n) is 9.26. The molecule has 1 aliphatic rings. The molecule has 9 heteroatoms. The molecule has 0 aliphatic carbocycles. The van der Waals surface area contributed by atoms with Crippen molar-refractivity contribution in [2.24, 2.45) is 7.05 Å². The van der Waals surface area contributed by atoms with Gasteiger partial charge in [-0.2, -0.15) is 0 Å². The van der Waals surface area contributed by atoms with Crippen molar-refractivity contribution in [1.82, 2.24) is 4.57 Å². The lowest BCUT2D eigenvalue weighted by molar-refractivity contribution is -0.384. The fourth-order valence-electron chi connectivity index (χ4n) is 5.15. The van der Waals surface area contributed by atoms with E-state index in [2.05, 4.69) is 15.7 Å². The summed E-state index contributed by atoms with van der Waals surface area (Å²) in [6, 6.07) is 21.6. The average Bonchev–Trinajstić information content (AvgIpc) is 3.26. The summed E-state index contributed by atoms with van der Waals surface area (Å²) in [5.74, 6) is 1.62. The maximum absolute atomic E-state index is 12.4. The molecule has 1 N–H and O–H groups in total. The van der Waals surface area contributed by atoms with Gasteiger partial charge in [-0.1, -0.05) is 41.8 Å². The zero-order valence-electron chi connectivity index (χ0n) is 21.2. The van der Waals surface area contributed by atoms with Crippen LogP contribution in [0.15, 0.2) is 72.8 Å². The van der Waals surface area contributed by atoms with Crippen LogP contribution in [0.25, 0.3) is 22.3 Å². The van der Waals surface area contributed by atoms with Gasteiger partial charge in [-0.15, -0.1) is 6.42 Å². The predicted molar refractivity (Wildman–Crippen MR) is 154 cm³/mol. The van der Waals surface area contributed by atoms with Crippen molar-refractivity contribution in [3.63, 3.8) is 0 Å².